The van der Waals surface area contributed by atoms with E-state index in [9.17, 15) is 8.42 Å². The number of nitrogens with zero attached hydrogens (tertiary/aromatic N) is 2. The molecule has 2 aromatic rings. The van der Waals surface area contributed by atoms with Crippen LogP contribution >= 0.6 is 0 Å². The lowest BCUT2D eigenvalue weighted by Crippen LogP contribution is -2.23. The highest BCUT2D eigenvalue weighted by Crippen LogP contribution is 2.13. The second-order valence-electron chi connectivity index (χ2n) is 4.24. The largest absolute Gasteiger partial charge is 0.361 e. The van der Waals surface area contributed by atoms with Crippen molar-refractivity contribution in [1.82, 2.24) is 14.4 Å². The van der Waals surface area contributed by atoms with Gasteiger partial charge in [-0.15, -0.1) is 0 Å². The van der Waals surface area contributed by atoms with Crippen LogP contribution in [-0.2, 0) is 30.2 Å². The second-order valence-corrected chi connectivity index (χ2v) is 6.00. The summed E-state index contributed by atoms with van der Waals surface area (Å²) in [5, 5.41) is 3.72. The van der Waals surface area contributed by atoms with Gasteiger partial charge in [0.2, 0.25) is 10.0 Å². The number of nitrogens with one attached hydrogen (secondary N) is 1. The van der Waals surface area contributed by atoms with E-state index in [-0.39, 0.29) is 18.0 Å². The Balaban J connectivity index is 2.13. The van der Waals surface area contributed by atoms with Crippen LogP contribution in [-0.4, -0.2) is 18.1 Å². The summed E-state index contributed by atoms with van der Waals surface area (Å²) in [5.41, 5.74) is 6.80. The molecule has 0 amide bonds. The van der Waals surface area contributed by atoms with Crippen LogP contribution in [0.1, 0.15) is 17.1 Å². The van der Waals surface area contributed by atoms with Gasteiger partial charge in [-0.25, -0.2) is 13.1 Å². The third-order valence-electron chi connectivity index (χ3n) is 2.72. The first-order valence-electron chi connectivity index (χ1n) is 5.69. The van der Waals surface area contributed by atoms with E-state index in [0.29, 0.717) is 11.5 Å². The first-order chi connectivity index (χ1) is 8.92. The lowest BCUT2D eigenvalue weighted by molar-refractivity contribution is 0.390. The Bertz CT molecular complexity index is 672. The standard InChI is InChI=1S/C11H16N4O3S/c1-8-3-9(14-18-8)6-13-19(16,17)11-4-10(5-12)15(2)7-11/h3-4,7,13H,5-6,12H2,1-2H3. The van der Waals surface area contributed by atoms with Crippen LogP contribution in [0.2, 0.25) is 0 Å². The minimum absolute atomic E-state index is 0.0898. The zero-order valence-corrected chi connectivity index (χ0v) is 11.6. The molecule has 0 atom stereocenters. The molecule has 0 spiro atoms. The maximum absolute atomic E-state index is 12.1. The minimum atomic E-state index is -3.57. The number of nitrogens with two attached hydrogens (primary N) is 1. The Kier molecular flexibility index (Phi) is 3.74. The summed E-state index contributed by atoms with van der Waals surface area (Å²) in [7, 11) is -1.82. The molecule has 2 heterocycles. The molecule has 0 aliphatic heterocycles. The summed E-state index contributed by atoms with van der Waals surface area (Å²) in [6, 6.07) is 3.23. The predicted molar refractivity (Wildman–Crippen MR) is 68.6 cm³/mol. The van der Waals surface area contributed by atoms with E-state index in [1.807, 2.05) is 0 Å². The van der Waals surface area contributed by atoms with Crippen molar-refractivity contribution in [3.63, 3.8) is 0 Å². The Morgan fingerprint density at radius 3 is 2.74 bits per heavy atom. The Hall–Kier alpha value is -1.64. The first kappa shape index (κ1) is 13.8. The molecule has 3 N–H and O–H groups in total. The third kappa shape index (κ3) is 3.03. The molecule has 0 saturated carbocycles. The van der Waals surface area contributed by atoms with E-state index in [0.717, 1.165) is 5.69 Å². The number of hydrogen-bond acceptors (Lipinski definition) is 5. The number of hydrogen-bond donors (Lipinski definition) is 2. The van der Waals surface area contributed by atoms with Gasteiger partial charge in [-0.05, 0) is 13.0 Å². The van der Waals surface area contributed by atoms with Crippen LogP contribution in [0.15, 0.2) is 27.7 Å². The van der Waals surface area contributed by atoms with Gasteiger partial charge in [0.25, 0.3) is 0 Å². The fraction of sp³-hybridized carbons (Fsp3) is 0.364. The minimum Gasteiger partial charge on any atom is -0.361 e. The van der Waals surface area contributed by atoms with Gasteiger partial charge in [0.05, 0.1) is 17.1 Å². The molecule has 104 valence electrons. The average Bonchev–Trinajstić information content (AvgIpc) is 2.93. The topological polar surface area (TPSA) is 103 Å². The average molecular weight is 284 g/mol. The van der Waals surface area contributed by atoms with Gasteiger partial charge >= 0.3 is 0 Å². The van der Waals surface area contributed by atoms with Crippen molar-refractivity contribution < 1.29 is 12.9 Å². The van der Waals surface area contributed by atoms with Crippen LogP contribution in [0.25, 0.3) is 0 Å². The monoisotopic (exact) mass is 284 g/mol. The Morgan fingerprint density at radius 2 is 2.21 bits per heavy atom. The molecule has 0 aliphatic carbocycles. The van der Waals surface area contributed by atoms with Crippen molar-refractivity contribution in [1.29, 1.82) is 0 Å². The summed E-state index contributed by atoms with van der Waals surface area (Å²) >= 11 is 0. The highest BCUT2D eigenvalue weighted by molar-refractivity contribution is 7.89. The Labute approximate surface area is 111 Å². The lowest BCUT2D eigenvalue weighted by Gasteiger charge is -2.01. The van der Waals surface area contributed by atoms with E-state index in [4.69, 9.17) is 10.3 Å². The van der Waals surface area contributed by atoms with Crippen molar-refractivity contribution in [2.24, 2.45) is 12.8 Å². The van der Waals surface area contributed by atoms with E-state index in [1.54, 1.807) is 30.7 Å². The molecular formula is C11H16N4O3S. The molecule has 0 bridgehead atoms. The van der Waals surface area contributed by atoms with Crippen molar-refractivity contribution in [2.75, 3.05) is 0 Å². The van der Waals surface area contributed by atoms with Gasteiger partial charge in [-0.2, -0.15) is 0 Å². The van der Waals surface area contributed by atoms with Crippen LogP contribution in [0, 0.1) is 6.92 Å². The van der Waals surface area contributed by atoms with Crippen molar-refractivity contribution >= 4 is 10.0 Å². The van der Waals surface area contributed by atoms with Gasteiger partial charge < -0.3 is 14.8 Å². The van der Waals surface area contributed by atoms with Crippen molar-refractivity contribution in [3.05, 3.63) is 35.5 Å². The quantitative estimate of drug-likeness (QED) is 0.819. The highest BCUT2D eigenvalue weighted by Gasteiger charge is 2.17. The van der Waals surface area contributed by atoms with Gasteiger partial charge in [-0.1, -0.05) is 5.16 Å². The number of rotatable bonds is 5. The molecule has 0 fully saturated rings. The molecule has 0 saturated heterocycles. The summed E-state index contributed by atoms with van der Waals surface area (Å²) in [4.78, 5) is 0.190. The van der Waals surface area contributed by atoms with E-state index >= 15 is 0 Å². The normalized spacial score (nSPS) is 11.9. The zero-order chi connectivity index (χ0) is 14.0. The highest BCUT2D eigenvalue weighted by atomic mass is 32.2. The second kappa shape index (κ2) is 5.16. The van der Waals surface area contributed by atoms with Crippen LogP contribution in [0.3, 0.4) is 0 Å². The summed E-state index contributed by atoms with van der Waals surface area (Å²) in [6.07, 6.45) is 1.53. The first-order valence-corrected chi connectivity index (χ1v) is 7.18. The van der Waals surface area contributed by atoms with Gasteiger partial charge in [0, 0.05) is 31.5 Å². The summed E-state index contributed by atoms with van der Waals surface area (Å²) < 4.78 is 33.2. The molecule has 0 aromatic carbocycles. The van der Waals surface area contributed by atoms with E-state index < -0.39 is 10.0 Å². The maximum atomic E-state index is 12.1. The molecule has 7 nitrogen and oxygen atoms in total. The smallest absolute Gasteiger partial charge is 0.242 e. The zero-order valence-electron chi connectivity index (χ0n) is 10.8. The molecule has 2 aromatic heterocycles. The summed E-state index contributed by atoms with van der Waals surface area (Å²) in [5.74, 6) is 0.638. The summed E-state index contributed by atoms with van der Waals surface area (Å²) in [6.45, 7) is 2.12. The molecular weight excluding hydrogens is 268 g/mol. The molecule has 0 unspecified atom stereocenters. The third-order valence-corrected chi connectivity index (χ3v) is 4.09. The van der Waals surface area contributed by atoms with Crippen LogP contribution < -0.4 is 10.5 Å². The van der Waals surface area contributed by atoms with Crippen molar-refractivity contribution in [3.8, 4) is 0 Å². The molecule has 0 aliphatic rings. The molecule has 2 rings (SSSR count). The van der Waals surface area contributed by atoms with Crippen LogP contribution in [0.4, 0.5) is 0 Å². The fourth-order valence-corrected chi connectivity index (χ4v) is 2.77. The predicted octanol–water partition coefficient (Wildman–Crippen LogP) is 0.259. The fourth-order valence-electron chi connectivity index (χ4n) is 1.68. The van der Waals surface area contributed by atoms with Gasteiger partial charge in [0.15, 0.2) is 0 Å². The number of aromatic nitrogens is 2. The van der Waals surface area contributed by atoms with E-state index in [1.165, 1.54) is 6.20 Å². The lowest BCUT2D eigenvalue weighted by atomic mass is 10.4. The Morgan fingerprint density at radius 1 is 1.47 bits per heavy atom. The SMILES string of the molecule is Cc1cc(CNS(=O)(=O)c2cc(CN)n(C)c2)no1. The van der Waals surface area contributed by atoms with E-state index in [2.05, 4.69) is 9.88 Å². The maximum Gasteiger partial charge on any atom is 0.242 e. The van der Waals surface area contributed by atoms with Crippen molar-refractivity contribution in [2.45, 2.75) is 24.9 Å². The van der Waals surface area contributed by atoms with Gasteiger partial charge in [0.1, 0.15) is 5.76 Å². The molecule has 0 radical (unpaired) electrons. The van der Waals surface area contributed by atoms with Gasteiger partial charge in [-0.3, -0.25) is 0 Å². The molecule has 8 heteroatoms. The van der Waals surface area contributed by atoms with Crippen LogP contribution in [0.5, 0.6) is 0 Å². The number of aryl methyl sites for hydroxylation is 2. The number of sulfonamides is 1. The molecule has 19 heavy (non-hydrogen) atoms.